The van der Waals surface area contributed by atoms with Crippen molar-refractivity contribution in [2.24, 2.45) is 0 Å². The van der Waals surface area contributed by atoms with Crippen molar-refractivity contribution in [2.45, 2.75) is 56.4 Å². The van der Waals surface area contributed by atoms with Crippen LogP contribution >= 0.6 is 11.3 Å². The van der Waals surface area contributed by atoms with Gasteiger partial charge in [-0.1, -0.05) is 43.4 Å². The number of terminal acetylenes is 1. The van der Waals surface area contributed by atoms with Gasteiger partial charge < -0.3 is 14.6 Å². The number of piperidine rings is 1. The van der Waals surface area contributed by atoms with Gasteiger partial charge in [-0.2, -0.15) is 0 Å². The highest BCUT2D eigenvalue weighted by molar-refractivity contribution is 7.09. The van der Waals surface area contributed by atoms with Gasteiger partial charge in [0.25, 0.3) is 11.8 Å². The van der Waals surface area contributed by atoms with Gasteiger partial charge in [0.1, 0.15) is 16.8 Å². The van der Waals surface area contributed by atoms with E-state index in [1.807, 2.05) is 40.6 Å². The van der Waals surface area contributed by atoms with Crippen molar-refractivity contribution in [3.63, 3.8) is 0 Å². The van der Waals surface area contributed by atoms with Crippen LogP contribution in [0.1, 0.15) is 76.9 Å². The number of amides is 2. The summed E-state index contributed by atoms with van der Waals surface area (Å²) in [6, 6.07) is 9.45. The van der Waals surface area contributed by atoms with Crippen LogP contribution < -0.4 is 5.32 Å². The molecule has 170 valence electrons. The molecule has 6 nitrogen and oxygen atoms in total. The van der Waals surface area contributed by atoms with E-state index in [1.165, 1.54) is 11.3 Å². The van der Waals surface area contributed by atoms with Crippen molar-refractivity contribution in [3.8, 4) is 12.3 Å². The third kappa shape index (κ3) is 4.40. The average molecular weight is 462 g/mol. The van der Waals surface area contributed by atoms with Gasteiger partial charge in [0, 0.05) is 29.8 Å². The Kier molecular flexibility index (Phi) is 5.94. The first kappa shape index (κ1) is 21.7. The number of carbonyl (C=O) groups is 2. The molecule has 0 bridgehead atoms. The van der Waals surface area contributed by atoms with Crippen LogP contribution in [0.25, 0.3) is 11.0 Å². The smallest absolute Gasteiger partial charge is 0.289 e. The van der Waals surface area contributed by atoms with Crippen LogP contribution in [0.15, 0.2) is 40.1 Å². The minimum atomic E-state index is -0.540. The zero-order valence-electron chi connectivity index (χ0n) is 18.5. The largest absolute Gasteiger partial charge is 0.451 e. The summed E-state index contributed by atoms with van der Waals surface area (Å²) in [6.45, 7) is 1.28. The van der Waals surface area contributed by atoms with Crippen molar-refractivity contribution in [3.05, 3.63) is 52.2 Å². The number of fused-ring (bicyclic) bond motifs is 1. The minimum Gasteiger partial charge on any atom is -0.451 e. The Hall–Kier alpha value is -3.11. The lowest BCUT2D eigenvalue weighted by molar-refractivity contribution is 0.0683. The second-order valence-electron chi connectivity index (χ2n) is 9.03. The van der Waals surface area contributed by atoms with E-state index in [0.717, 1.165) is 60.9 Å². The summed E-state index contributed by atoms with van der Waals surface area (Å²) >= 11 is 1.52. The predicted octanol–water partition coefficient (Wildman–Crippen LogP) is 4.98. The summed E-state index contributed by atoms with van der Waals surface area (Å²) in [5.74, 6) is 3.19. The molecule has 2 aromatic heterocycles. The van der Waals surface area contributed by atoms with Crippen LogP contribution in [-0.4, -0.2) is 40.3 Å². The van der Waals surface area contributed by atoms with Crippen molar-refractivity contribution >= 4 is 34.1 Å². The number of para-hydroxylation sites is 1. The Morgan fingerprint density at radius 3 is 2.67 bits per heavy atom. The minimum absolute atomic E-state index is 0.0732. The summed E-state index contributed by atoms with van der Waals surface area (Å²) in [4.78, 5) is 32.2. The highest BCUT2D eigenvalue weighted by Gasteiger charge is 2.33. The number of aromatic nitrogens is 1. The molecule has 1 saturated heterocycles. The quantitative estimate of drug-likeness (QED) is 0.557. The monoisotopic (exact) mass is 461 g/mol. The fraction of sp³-hybridized carbons (Fsp3) is 0.423. The first-order valence-electron chi connectivity index (χ1n) is 11.6. The van der Waals surface area contributed by atoms with Crippen LogP contribution in [0, 0.1) is 12.3 Å². The molecule has 1 aliphatic heterocycles. The summed E-state index contributed by atoms with van der Waals surface area (Å²) in [7, 11) is 0. The molecule has 0 spiro atoms. The second kappa shape index (κ2) is 9.03. The van der Waals surface area contributed by atoms with E-state index >= 15 is 0 Å². The summed E-state index contributed by atoms with van der Waals surface area (Å²) < 4.78 is 5.74. The molecule has 2 fully saturated rings. The van der Waals surface area contributed by atoms with E-state index in [0.29, 0.717) is 24.5 Å². The third-order valence-corrected chi connectivity index (χ3v) is 7.87. The topological polar surface area (TPSA) is 75.4 Å². The number of hydrogen-bond acceptors (Lipinski definition) is 5. The molecule has 1 N–H and O–H groups in total. The van der Waals surface area contributed by atoms with E-state index in [1.54, 1.807) is 0 Å². The van der Waals surface area contributed by atoms with Crippen LogP contribution in [0.4, 0.5) is 0 Å². The van der Waals surface area contributed by atoms with E-state index in [2.05, 4.69) is 16.2 Å². The van der Waals surface area contributed by atoms with Gasteiger partial charge in [0.05, 0.1) is 5.01 Å². The van der Waals surface area contributed by atoms with Crippen molar-refractivity contribution < 1.29 is 14.0 Å². The Bertz CT molecular complexity index is 1170. The molecule has 3 aromatic rings. The SMILES string of the molecule is C#CC1(NC(=O)c2csc(C3CCN(C(=O)c4cc5ccccc5o4)CC3)n2)CCCCC1. The molecule has 2 amide bonds. The number of nitrogens with zero attached hydrogens (tertiary/aromatic N) is 2. The maximum absolute atomic E-state index is 12.9. The molecule has 7 heteroatoms. The van der Waals surface area contributed by atoms with Crippen molar-refractivity contribution in [1.29, 1.82) is 0 Å². The molecule has 1 saturated carbocycles. The Balaban J connectivity index is 1.20. The van der Waals surface area contributed by atoms with Gasteiger partial charge in [-0.25, -0.2) is 4.98 Å². The van der Waals surface area contributed by atoms with Crippen LogP contribution in [0.3, 0.4) is 0 Å². The number of thiazole rings is 1. The second-order valence-corrected chi connectivity index (χ2v) is 9.92. The first-order chi connectivity index (χ1) is 16.1. The maximum Gasteiger partial charge on any atom is 0.289 e. The number of hydrogen-bond donors (Lipinski definition) is 1. The molecule has 2 aliphatic rings. The standard InChI is InChI=1S/C26H27N3O3S/c1-2-26(12-6-3-7-13-26)28-23(30)20-17-33-24(27-20)18-10-14-29(15-11-18)25(31)22-16-19-8-4-5-9-21(19)32-22/h1,4-5,8-9,16-18H,3,6-7,10-15H2,(H,28,30). The van der Waals surface area contributed by atoms with Crippen molar-refractivity contribution in [2.75, 3.05) is 13.1 Å². The van der Waals surface area contributed by atoms with Gasteiger partial charge in [-0.15, -0.1) is 17.8 Å². The van der Waals surface area contributed by atoms with Gasteiger partial charge in [-0.05, 0) is 37.8 Å². The Labute approximate surface area is 197 Å². The molecule has 3 heterocycles. The van der Waals surface area contributed by atoms with Gasteiger partial charge in [0.15, 0.2) is 5.76 Å². The lowest BCUT2D eigenvalue weighted by Crippen LogP contribution is -2.48. The molecule has 33 heavy (non-hydrogen) atoms. The highest BCUT2D eigenvalue weighted by atomic mass is 32.1. The van der Waals surface area contributed by atoms with Crippen LogP contribution in [-0.2, 0) is 0 Å². The molecule has 0 radical (unpaired) electrons. The molecule has 5 rings (SSSR count). The van der Waals surface area contributed by atoms with E-state index in [-0.39, 0.29) is 17.7 Å². The van der Waals surface area contributed by atoms with Crippen LogP contribution in [0.5, 0.6) is 0 Å². The fourth-order valence-corrected chi connectivity index (χ4v) is 5.87. The molecule has 0 atom stereocenters. The Morgan fingerprint density at radius 1 is 1.18 bits per heavy atom. The zero-order valence-corrected chi connectivity index (χ0v) is 19.3. The molecular formula is C26H27N3O3S. The fourth-order valence-electron chi connectivity index (χ4n) is 4.89. The number of furan rings is 1. The first-order valence-corrected chi connectivity index (χ1v) is 12.5. The number of likely N-dealkylation sites (tertiary alicyclic amines) is 1. The average Bonchev–Trinajstić information content (AvgIpc) is 3.52. The number of nitrogens with one attached hydrogen (secondary N) is 1. The van der Waals surface area contributed by atoms with Crippen LogP contribution in [0.2, 0.25) is 0 Å². The van der Waals surface area contributed by atoms with Crippen molar-refractivity contribution in [1.82, 2.24) is 15.2 Å². The lowest BCUT2D eigenvalue weighted by Gasteiger charge is -2.33. The predicted molar refractivity (Wildman–Crippen MR) is 128 cm³/mol. The number of benzene rings is 1. The summed E-state index contributed by atoms with van der Waals surface area (Å²) in [5.41, 5.74) is 0.627. The van der Waals surface area contributed by atoms with Gasteiger partial charge in [0.2, 0.25) is 0 Å². The van der Waals surface area contributed by atoms with Gasteiger partial charge in [-0.3, -0.25) is 9.59 Å². The molecular weight excluding hydrogens is 434 g/mol. The van der Waals surface area contributed by atoms with E-state index in [9.17, 15) is 9.59 Å². The Morgan fingerprint density at radius 2 is 1.94 bits per heavy atom. The maximum atomic E-state index is 12.9. The highest BCUT2D eigenvalue weighted by Crippen LogP contribution is 2.32. The third-order valence-electron chi connectivity index (χ3n) is 6.86. The zero-order chi connectivity index (χ0) is 22.8. The van der Waals surface area contributed by atoms with E-state index in [4.69, 9.17) is 10.8 Å². The number of carbonyl (C=O) groups excluding carboxylic acids is 2. The van der Waals surface area contributed by atoms with Gasteiger partial charge >= 0.3 is 0 Å². The molecule has 1 aromatic carbocycles. The summed E-state index contributed by atoms with van der Waals surface area (Å²) in [6.07, 6.45) is 12.3. The molecule has 0 unspecified atom stereocenters. The molecule has 1 aliphatic carbocycles. The normalized spacial score (nSPS) is 18.7. The van der Waals surface area contributed by atoms with E-state index < -0.39 is 5.54 Å². The number of rotatable bonds is 4. The summed E-state index contributed by atoms with van der Waals surface area (Å²) in [5, 5.41) is 6.78. The lowest BCUT2D eigenvalue weighted by atomic mass is 9.82.